The van der Waals surface area contributed by atoms with Gasteiger partial charge in [-0.1, -0.05) is 5.10 Å². The first-order valence-corrected chi connectivity index (χ1v) is 6.85. The van der Waals surface area contributed by atoms with Crippen molar-refractivity contribution >= 4 is 6.01 Å². The van der Waals surface area contributed by atoms with Crippen LogP contribution in [0.3, 0.4) is 0 Å². The van der Waals surface area contributed by atoms with Gasteiger partial charge >= 0.3 is 6.01 Å². The highest BCUT2D eigenvalue weighted by Gasteiger charge is 2.32. The van der Waals surface area contributed by atoms with Gasteiger partial charge in [-0.15, -0.1) is 5.10 Å². The Hall–Kier alpha value is -2.09. The third-order valence-corrected chi connectivity index (χ3v) is 4.00. The zero-order valence-corrected chi connectivity index (χ0v) is 11.0. The van der Waals surface area contributed by atoms with Crippen LogP contribution in [0.1, 0.15) is 12.8 Å². The molecule has 2 aromatic heterocycles. The molecular weight excluding hydrogens is 258 g/mol. The number of hydrogen-bond donors (Lipinski definition) is 0. The van der Waals surface area contributed by atoms with Crippen molar-refractivity contribution < 1.29 is 4.42 Å². The molecule has 0 saturated carbocycles. The number of hydrogen-bond acceptors (Lipinski definition) is 8. The lowest BCUT2D eigenvalue weighted by Crippen LogP contribution is -2.38. The molecule has 5 heterocycles. The van der Waals surface area contributed by atoms with E-state index in [-0.39, 0.29) is 0 Å². The number of fused-ring (bicyclic) bond motifs is 4. The minimum absolute atomic E-state index is 0.349. The molecule has 0 amide bonds. The third-order valence-electron chi connectivity index (χ3n) is 4.00. The lowest BCUT2D eigenvalue weighted by Gasteiger charge is -2.29. The molecule has 3 aliphatic heterocycles. The minimum Gasteiger partial charge on any atom is -0.400 e. The fraction of sp³-hybridized carbons (Fsp3) is 0.583. The van der Waals surface area contributed by atoms with Crippen LogP contribution in [-0.4, -0.2) is 62.3 Å². The summed E-state index contributed by atoms with van der Waals surface area (Å²) >= 11 is 0. The van der Waals surface area contributed by atoms with Gasteiger partial charge < -0.3 is 14.2 Å². The van der Waals surface area contributed by atoms with E-state index in [9.17, 15) is 0 Å². The molecule has 2 bridgehead atoms. The van der Waals surface area contributed by atoms with E-state index in [2.05, 4.69) is 34.9 Å². The van der Waals surface area contributed by atoms with Gasteiger partial charge in [0.1, 0.15) is 12.7 Å². The smallest absolute Gasteiger partial charge is 0.318 e. The molecule has 3 saturated heterocycles. The summed E-state index contributed by atoms with van der Waals surface area (Å²) < 4.78 is 5.75. The second-order valence-corrected chi connectivity index (χ2v) is 5.12. The zero-order valence-electron chi connectivity index (χ0n) is 11.0. The second kappa shape index (κ2) is 4.78. The predicted octanol–water partition coefficient (Wildman–Crippen LogP) is 0.206. The van der Waals surface area contributed by atoms with E-state index in [1.54, 1.807) is 0 Å². The van der Waals surface area contributed by atoms with Gasteiger partial charge in [0.05, 0.1) is 0 Å². The fourth-order valence-corrected chi connectivity index (χ4v) is 2.91. The zero-order chi connectivity index (χ0) is 13.4. The number of rotatable bonds is 2. The summed E-state index contributed by atoms with van der Waals surface area (Å²) in [4.78, 5) is 16.6. The Kier molecular flexibility index (Phi) is 2.80. The molecule has 3 fully saturated rings. The Bertz CT molecular complexity index is 579. The van der Waals surface area contributed by atoms with Crippen LogP contribution in [0.5, 0.6) is 0 Å². The van der Waals surface area contributed by atoms with Gasteiger partial charge in [0.2, 0.25) is 5.82 Å². The van der Waals surface area contributed by atoms with Crippen LogP contribution in [0.2, 0.25) is 0 Å². The van der Waals surface area contributed by atoms with Crippen LogP contribution in [0, 0.1) is 0 Å². The first kappa shape index (κ1) is 11.7. The first-order valence-electron chi connectivity index (χ1n) is 6.85. The molecule has 0 spiro atoms. The fourth-order valence-electron chi connectivity index (χ4n) is 2.91. The van der Waals surface area contributed by atoms with E-state index < -0.39 is 0 Å². The number of anilines is 1. The maximum absolute atomic E-state index is 5.75. The van der Waals surface area contributed by atoms with Crippen molar-refractivity contribution in [3.05, 3.63) is 12.7 Å². The Morgan fingerprint density at radius 1 is 1.00 bits per heavy atom. The molecule has 0 N–H and O–H groups in total. The van der Waals surface area contributed by atoms with Gasteiger partial charge in [0, 0.05) is 32.2 Å². The van der Waals surface area contributed by atoms with Crippen molar-refractivity contribution in [2.75, 3.05) is 31.1 Å². The Morgan fingerprint density at radius 2 is 1.80 bits per heavy atom. The van der Waals surface area contributed by atoms with E-state index in [0.717, 1.165) is 39.0 Å². The predicted molar refractivity (Wildman–Crippen MR) is 69.9 cm³/mol. The molecule has 20 heavy (non-hydrogen) atoms. The van der Waals surface area contributed by atoms with E-state index >= 15 is 0 Å². The summed E-state index contributed by atoms with van der Waals surface area (Å²) in [6.07, 6.45) is 5.16. The van der Waals surface area contributed by atoms with Crippen LogP contribution in [0.4, 0.5) is 6.01 Å². The maximum atomic E-state index is 5.75. The molecule has 8 heteroatoms. The van der Waals surface area contributed by atoms with Crippen molar-refractivity contribution in [2.24, 2.45) is 0 Å². The highest BCUT2D eigenvalue weighted by molar-refractivity contribution is 5.41. The molecule has 0 aromatic carbocycles. The lowest BCUT2D eigenvalue weighted by molar-refractivity contribution is 0.249. The van der Waals surface area contributed by atoms with Crippen molar-refractivity contribution in [2.45, 2.75) is 18.9 Å². The molecule has 2 aromatic rings. The number of piperidine rings is 1. The quantitative estimate of drug-likeness (QED) is 0.767. The van der Waals surface area contributed by atoms with Gasteiger partial charge in [-0.3, -0.25) is 0 Å². The summed E-state index contributed by atoms with van der Waals surface area (Å²) in [5.41, 5.74) is 0. The number of aromatic nitrogens is 5. The molecule has 8 nitrogen and oxygen atoms in total. The summed E-state index contributed by atoms with van der Waals surface area (Å²) in [7, 11) is 0. The average molecular weight is 273 g/mol. The van der Waals surface area contributed by atoms with Gasteiger partial charge in [-0.2, -0.15) is 0 Å². The molecule has 0 aliphatic carbocycles. The molecule has 0 radical (unpaired) electrons. The Balaban J connectivity index is 1.61. The van der Waals surface area contributed by atoms with E-state index in [0.29, 0.717) is 23.8 Å². The third kappa shape index (κ3) is 2.01. The van der Waals surface area contributed by atoms with Crippen LogP contribution in [0.25, 0.3) is 11.7 Å². The summed E-state index contributed by atoms with van der Waals surface area (Å²) in [6.45, 7) is 4.31. The van der Waals surface area contributed by atoms with Crippen molar-refractivity contribution in [1.82, 2.24) is 30.0 Å². The normalized spacial score (nSPS) is 25.7. The topological polar surface area (TPSA) is 84.1 Å². The Morgan fingerprint density at radius 3 is 2.60 bits per heavy atom. The highest BCUT2D eigenvalue weighted by Crippen LogP contribution is 2.27. The standard InChI is InChI=1S/C12H15N7O/c1-3-18-4-2-9(1)19(6-5-18)12-17-16-11(20-12)10-14-7-13-8-15-10/h7-9H,1-6H2. The lowest BCUT2D eigenvalue weighted by atomic mass is 10.1. The summed E-state index contributed by atoms with van der Waals surface area (Å²) in [5, 5.41) is 8.21. The second-order valence-electron chi connectivity index (χ2n) is 5.12. The SMILES string of the molecule is c1ncnc(-c2nnc(N3CCN4CCC3CC4)o2)n1. The molecule has 0 unspecified atom stereocenters. The average Bonchev–Trinajstić information content (AvgIpc) is 2.81. The van der Waals surface area contributed by atoms with E-state index in [1.807, 2.05) is 0 Å². The number of nitrogens with zero attached hydrogens (tertiary/aromatic N) is 7. The molecular formula is C12H15N7O. The van der Waals surface area contributed by atoms with Crippen LogP contribution in [0.15, 0.2) is 17.1 Å². The largest absolute Gasteiger partial charge is 0.400 e. The van der Waals surface area contributed by atoms with Crippen molar-refractivity contribution in [3.63, 3.8) is 0 Å². The molecule has 104 valence electrons. The monoisotopic (exact) mass is 273 g/mol. The van der Waals surface area contributed by atoms with Gasteiger partial charge in [0.25, 0.3) is 5.89 Å². The molecule has 0 atom stereocenters. The van der Waals surface area contributed by atoms with Crippen LogP contribution < -0.4 is 4.90 Å². The van der Waals surface area contributed by atoms with E-state index in [1.165, 1.54) is 12.7 Å². The highest BCUT2D eigenvalue weighted by atomic mass is 16.4. The summed E-state index contributed by atoms with van der Waals surface area (Å²) in [5.74, 6) is 0.767. The molecule has 3 aliphatic rings. The van der Waals surface area contributed by atoms with Crippen LogP contribution in [-0.2, 0) is 0 Å². The van der Waals surface area contributed by atoms with Crippen molar-refractivity contribution in [1.29, 1.82) is 0 Å². The van der Waals surface area contributed by atoms with Crippen LogP contribution >= 0.6 is 0 Å². The molecule has 5 rings (SSSR count). The first-order chi connectivity index (χ1) is 9.90. The summed E-state index contributed by atoms with van der Waals surface area (Å²) in [6, 6.07) is 1.08. The van der Waals surface area contributed by atoms with Gasteiger partial charge in [-0.05, 0) is 12.8 Å². The van der Waals surface area contributed by atoms with Gasteiger partial charge in [-0.25, -0.2) is 15.0 Å². The van der Waals surface area contributed by atoms with Gasteiger partial charge in [0.15, 0.2) is 0 Å². The van der Waals surface area contributed by atoms with Crippen molar-refractivity contribution in [3.8, 4) is 11.7 Å². The maximum Gasteiger partial charge on any atom is 0.318 e. The minimum atomic E-state index is 0.349. The van der Waals surface area contributed by atoms with E-state index in [4.69, 9.17) is 4.42 Å². The Labute approximate surface area is 115 Å².